The molecular formula is C11H13N3O3. The van der Waals surface area contributed by atoms with E-state index in [2.05, 4.69) is 10.1 Å². The van der Waals surface area contributed by atoms with Crippen LogP contribution in [0.3, 0.4) is 0 Å². The number of nitrogens with zero attached hydrogens (tertiary/aromatic N) is 2. The van der Waals surface area contributed by atoms with Gasteiger partial charge in [-0.3, -0.25) is 0 Å². The Morgan fingerprint density at radius 2 is 2.18 bits per heavy atom. The SMILES string of the molecule is COCc1noc(-c2ccc(N)cc2OC)n1. The fourth-order valence-electron chi connectivity index (χ4n) is 1.44. The van der Waals surface area contributed by atoms with Crippen LogP contribution in [0.2, 0.25) is 0 Å². The van der Waals surface area contributed by atoms with E-state index in [0.29, 0.717) is 35.3 Å². The van der Waals surface area contributed by atoms with E-state index < -0.39 is 0 Å². The van der Waals surface area contributed by atoms with Gasteiger partial charge in [-0.25, -0.2) is 0 Å². The molecule has 0 atom stereocenters. The van der Waals surface area contributed by atoms with Crippen molar-refractivity contribution in [3.8, 4) is 17.2 Å². The maximum atomic E-state index is 5.67. The van der Waals surface area contributed by atoms with Crippen LogP contribution in [-0.2, 0) is 11.3 Å². The molecule has 0 saturated carbocycles. The Balaban J connectivity index is 2.37. The van der Waals surface area contributed by atoms with E-state index in [1.165, 1.54) is 0 Å². The molecule has 0 bridgehead atoms. The van der Waals surface area contributed by atoms with Gasteiger partial charge in [0.2, 0.25) is 0 Å². The predicted molar refractivity (Wildman–Crippen MR) is 61.4 cm³/mol. The summed E-state index contributed by atoms with van der Waals surface area (Å²) < 4.78 is 15.3. The van der Waals surface area contributed by atoms with Crippen LogP contribution in [0.25, 0.3) is 11.5 Å². The molecule has 0 unspecified atom stereocenters. The molecule has 2 N–H and O–H groups in total. The molecule has 6 nitrogen and oxygen atoms in total. The molecule has 1 aromatic heterocycles. The van der Waals surface area contributed by atoms with Crippen LogP contribution in [0.1, 0.15) is 5.82 Å². The van der Waals surface area contributed by atoms with Gasteiger partial charge in [-0.05, 0) is 12.1 Å². The lowest BCUT2D eigenvalue weighted by atomic mass is 10.2. The number of nitrogen functional groups attached to an aromatic ring is 1. The summed E-state index contributed by atoms with van der Waals surface area (Å²) in [7, 11) is 3.13. The summed E-state index contributed by atoms with van der Waals surface area (Å²) in [5, 5.41) is 3.78. The second-order valence-corrected chi connectivity index (χ2v) is 3.41. The number of anilines is 1. The van der Waals surface area contributed by atoms with Gasteiger partial charge in [0.15, 0.2) is 5.82 Å². The van der Waals surface area contributed by atoms with Gasteiger partial charge in [0.25, 0.3) is 5.89 Å². The van der Waals surface area contributed by atoms with Crippen molar-refractivity contribution in [1.29, 1.82) is 0 Å². The Morgan fingerprint density at radius 3 is 2.88 bits per heavy atom. The summed E-state index contributed by atoms with van der Waals surface area (Å²) in [5.41, 5.74) is 6.99. The lowest BCUT2D eigenvalue weighted by Gasteiger charge is -2.05. The maximum Gasteiger partial charge on any atom is 0.261 e. The molecule has 0 amide bonds. The Hall–Kier alpha value is -2.08. The molecule has 90 valence electrons. The summed E-state index contributed by atoms with van der Waals surface area (Å²) in [6.45, 7) is 0.306. The van der Waals surface area contributed by atoms with E-state index in [0.717, 1.165) is 0 Å². The van der Waals surface area contributed by atoms with Crippen molar-refractivity contribution in [2.45, 2.75) is 6.61 Å². The van der Waals surface area contributed by atoms with Gasteiger partial charge in [0.05, 0.1) is 12.7 Å². The molecule has 0 fully saturated rings. The highest BCUT2D eigenvalue weighted by Gasteiger charge is 2.13. The molecule has 0 radical (unpaired) electrons. The average Bonchev–Trinajstić information content (AvgIpc) is 2.78. The van der Waals surface area contributed by atoms with E-state index >= 15 is 0 Å². The number of hydrogen-bond acceptors (Lipinski definition) is 6. The average molecular weight is 235 g/mol. The number of ether oxygens (including phenoxy) is 2. The monoisotopic (exact) mass is 235 g/mol. The molecule has 6 heteroatoms. The first-order chi connectivity index (χ1) is 8.24. The zero-order chi connectivity index (χ0) is 12.3. The molecule has 0 spiro atoms. The van der Waals surface area contributed by atoms with Crippen LogP contribution in [0.15, 0.2) is 22.7 Å². The summed E-state index contributed by atoms with van der Waals surface area (Å²) in [6.07, 6.45) is 0. The van der Waals surface area contributed by atoms with Gasteiger partial charge in [-0.15, -0.1) is 0 Å². The molecule has 17 heavy (non-hydrogen) atoms. The lowest BCUT2D eigenvalue weighted by molar-refractivity contribution is 0.174. The number of nitrogens with two attached hydrogens (primary N) is 1. The largest absolute Gasteiger partial charge is 0.496 e. The van der Waals surface area contributed by atoms with E-state index in [9.17, 15) is 0 Å². The fraction of sp³-hybridized carbons (Fsp3) is 0.273. The summed E-state index contributed by atoms with van der Waals surface area (Å²) in [6, 6.07) is 5.23. The van der Waals surface area contributed by atoms with Crippen molar-refractivity contribution in [3.05, 3.63) is 24.0 Å². The van der Waals surface area contributed by atoms with Crippen molar-refractivity contribution in [2.24, 2.45) is 0 Å². The van der Waals surface area contributed by atoms with E-state index in [4.69, 9.17) is 19.7 Å². The standard InChI is InChI=1S/C11H13N3O3/c1-15-6-10-13-11(17-14-10)8-4-3-7(12)5-9(8)16-2/h3-5H,6,12H2,1-2H3. The molecule has 0 saturated heterocycles. The Bertz CT molecular complexity index is 510. The first-order valence-electron chi connectivity index (χ1n) is 5.00. The second kappa shape index (κ2) is 4.84. The second-order valence-electron chi connectivity index (χ2n) is 3.41. The Morgan fingerprint density at radius 1 is 1.35 bits per heavy atom. The molecule has 0 aliphatic carbocycles. The lowest BCUT2D eigenvalue weighted by Crippen LogP contribution is -1.92. The summed E-state index contributed by atoms with van der Waals surface area (Å²) in [4.78, 5) is 4.18. The van der Waals surface area contributed by atoms with Crippen molar-refractivity contribution in [3.63, 3.8) is 0 Å². The zero-order valence-electron chi connectivity index (χ0n) is 9.64. The molecule has 2 rings (SSSR count). The van der Waals surface area contributed by atoms with Crippen molar-refractivity contribution in [1.82, 2.24) is 10.1 Å². The molecule has 0 aliphatic heterocycles. The number of hydrogen-bond donors (Lipinski definition) is 1. The maximum absolute atomic E-state index is 5.67. The Kier molecular flexibility index (Phi) is 3.24. The third-order valence-corrected chi connectivity index (χ3v) is 2.20. The van der Waals surface area contributed by atoms with Gasteiger partial charge in [-0.2, -0.15) is 4.98 Å². The van der Waals surface area contributed by atoms with Gasteiger partial charge in [0.1, 0.15) is 12.4 Å². The highest BCUT2D eigenvalue weighted by Crippen LogP contribution is 2.30. The highest BCUT2D eigenvalue weighted by molar-refractivity contribution is 5.66. The normalized spacial score (nSPS) is 10.5. The van der Waals surface area contributed by atoms with Crippen LogP contribution in [-0.4, -0.2) is 24.4 Å². The van der Waals surface area contributed by atoms with Crippen LogP contribution < -0.4 is 10.5 Å². The minimum absolute atomic E-state index is 0.306. The fourth-order valence-corrected chi connectivity index (χ4v) is 1.44. The zero-order valence-corrected chi connectivity index (χ0v) is 9.64. The van der Waals surface area contributed by atoms with Crippen molar-refractivity contribution < 1.29 is 14.0 Å². The third-order valence-electron chi connectivity index (χ3n) is 2.20. The highest BCUT2D eigenvalue weighted by atomic mass is 16.5. The molecular weight excluding hydrogens is 222 g/mol. The molecule has 1 heterocycles. The minimum atomic E-state index is 0.306. The molecule has 2 aromatic rings. The first-order valence-corrected chi connectivity index (χ1v) is 5.00. The summed E-state index contributed by atoms with van der Waals surface area (Å²) >= 11 is 0. The third kappa shape index (κ3) is 2.36. The van der Waals surface area contributed by atoms with Crippen LogP contribution in [0, 0.1) is 0 Å². The van der Waals surface area contributed by atoms with Gasteiger partial charge < -0.3 is 19.7 Å². The first kappa shape index (κ1) is 11.4. The van der Waals surface area contributed by atoms with Crippen molar-refractivity contribution >= 4 is 5.69 Å². The number of benzene rings is 1. The predicted octanol–water partition coefficient (Wildman–Crippen LogP) is 1.47. The number of aromatic nitrogens is 2. The quantitative estimate of drug-likeness (QED) is 0.808. The van der Waals surface area contributed by atoms with E-state index in [-0.39, 0.29) is 0 Å². The van der Waals surface area contributed by atoms with Crippen LogP contribution in [0.4, 0.5) is 5.69 Å². The van der Waals surface area contributed by atoms with Crippen molar-refractivity contribution in [2.75, 3.05) is 20.0 Å². The Labute approximate surface area is 98.3 Å². The van der Waals surface area contributed by atoms with Gasteiger partial charge >= 0.3 is 0 Å². The van der Waals surface area contributed by atoms with Crippen LogP contribution >= 0.6 is 0 Å². The van der Waals surface area contributed by atoms with Gasteiger partial charge in [0, 0.05) is 18.9 Å². The number of rotatable bonds is 4. The molecule has 0 aliphatic rings. The van der Waals surface area contributed by atoms with Gasteiger partial charge in [-0.1, -0.05) is 5.16 Å². The smallest absolute Gasteiger partial charge is 0.261 e. The summed E-state index contributed by atoms with van der Waals surface area (Å²) in [5.74, 6) is 1.47. The van der Waals surface area contributed by atoms with Crippen LogP contribution in [0.5, 0.6) is 5.75 Å². The van der Waals surface area contributed by atoms with E-state index in [1.807, 2.05) is 0 Å². The van der Waals surface area contributed by atoms with E-state index in [1.54, 1.807) is 32.4 Å². The molecule has 1 aromatic carbocycles. The minimum Gasteiger partial charge on any atom is -0.496 e. The topological polar surface area (TPSA) is 83.4 Å². The number of methoxy groups -OCH3 is 2.